The first-order valence-electron chi connectivity index (χ1n) is 7.94. The Morgan fingerprint density at radius 1 is 1.39 bits per heavy atom. The van der Waals surface area contributed by atoms with Crippen LogP contribution in [0.2, 0.25) is 0 Å². The summed E-state index contributed by atoms with van der Waals surface area (Å²) in [5.41, 5.74) is 2.21. The van der Waals surface area contributed by atoms with Gasteiger partial charge in [0.25, 0.3) is 0 Å². The van der Waals surface area contributed by atoms with E-state index in [0.717, 1.165) is 11.1 Å². The van der Waals surface area contributed by atoms with E-state index in [2.05, 4.69) is 51.3 Å². The van der Waals surface area contributed by atoms with Gasteiger partial charge in [-0.1, -0.05) is 29.1 Å². The van der Waals surface area contributed by atoms with Gasteiger partial charge in [-0.25, -0.2) is 4.98 Å². The molecule has 0 saturated heterocycles. The normalized spacial score (nSPS) is 15.2. The van der Waals surface area contributed by atoms with Gasteiger partial charge in [0.15, 0.2) is 0 Å². The molecule has 1 aromatic carbocycles. The summed E-state index contributed by atoms with van der Waals surface area (Å²) in [6.07, 6.45) is 7.55. The molecule has 0 amide bonds. The van der Waals surface area contributed by atoms with E-state index in [0.29, 0.717) is 19.1 Å². The third kappa shape index (κ3) is 4.68. The number of aromatic nitrogens is 3. The summed E-state index contributed by atoms with van der Waals surface area (Å²) in [6, 6.07) is 8.31. The van der Waals surface area contributed by atoms with Crippen LogP contribution in [0.4, 0.5) is 0 Å². The summed E-state index contributed by atoms with van der Waals surface area (Å²) in [4.78, 5) is 9.09. The summed E-state index contributed by atoms with van der Waals surface area (Å²) in [6.45, 7) is 3.14. The predicted octanol–water partition coefficient (Wildman–Crippen LogP) is 2.85. The van der Waals surface area contributed by atoms with Crippen LogP contribution in [-0.2, 0) is 11.4 Å². The fraction of sp³-hybridized carbons (Fsp3) is 0.389. The van der Waals surface area contributed by atoms with Gasteiger partial charge in [-0.05, 0) is 37.5 Å². The number of hydrogen-bond acceptors (Lipinski definition) is 4. The quantitative estimate of drug-likeness (QED) is 0.468. The van der Waals surface area contributed by atoms with Crippen molar-refractivity contribution >= 4 is 6.21 Å². The fourth-order valence-electron chi connectivity index (χ4n) is 2.18. The molecule has 118 valence electrons. The van der Waals surface area contributed by atoms with E-state index in [4.69, 9.17) is 4.84 Å². The van der Waals surface area contributed by atoms with Crippen LogP contribution in [0.15, 0.2) is 42.1 Å². The average Bonchev–Trinajstić information content (AvgIpc) is 3.27. The van der Waals surface area contributed by atoms with Crippen molar-refractivity contribution in [2.24, 2.45) is 11.1 Å². The van der Waals surface area contributed by atoms with E-state index in [9.17, 15) is 0 Å². The first-order chi connectivity index (χ1) is 11.3. The Hall–Kier alpha value is -2.61. The van der Waals surface area contributed by atoms with Gasteiger partial charge in [0.05, 0.1) is 12.8 Å². The number of benzene rings is 1. The van der Waals surface area contributed by atoms with E-state index in [1.165, 1.54) is 19.2 Å². The Labute approximate surface area is 136 Å². The second-order valence-corrected chi connectivity index (χ2v) is 5.56. The summed E-state index contributed by atoms with van der Waals surface area (Å²) in [7, 11) is 0. The zero-order valence-electron chi connectivity index (χ0n) is 13.2. The Morgan fingerprint density at radius 2 is 2.22 bits per heavy atom. The van der Waals surface area contributed by atoms with Gasteiger partial charge < -0.3 is 4.84 Å². The van der Waals surface area contributed by atoms with Crippen LogP contribution in [0.5, 0.6) is 0 Å². The van der Waals surface area contributed by atoms with E-state index < -0.39 is 0 Å². The van der Waals surface area contributed by atoms with Crippen molar-refractivity contribution < 1.29 is 4.84 Å². The molecule has 1 aliphatic carbocycles. The SMILES string of the molecule is CCON=CC(Cn1cncn1)c1ccc(C#CC2CC2)cc1. The molecule has 0 radical (unpaired) electrons. The Balaban J connectivity index is 1.73. The van der Waals surface area contributed by atoms with Crippen LogP contribution in [-0.4, -0.2) is 27.6 Å². The highest BCUT2D eigenvalue weighted by molar-refractivity contribution is 5.67. The van der Waals surface area contributed by atoms with Gasteiger partial charge in [0.2, 0.25) is 0 Å². The van der Waals surface area contributed by atoms with Crippen molar-refractivity contribution in [3.8, 4) is 11.8 Å². The number of rotatable bonds is 6. The minimum absolute atomic E-state index is 0.0775. The van der Waals surface area contributed by atoms with Crippen LogP contribution >= 0.6 is 0 Å². The zero-order chi connectivity index (χ0) is 15.9. The van der Waals surface area contributed by atoms with E-state index in [1.54, 1.807) is 11.0 Å². The molecule has 23 heavy (non-hydrogen) atoms. The highest BCUT2D eigenvalue weighted by Gasteiger charge is 2.17. The second-order valence-electron chi connectivity index (χ2n) is 5.56. The van der Waals surface area contributed by atoms with Gasteiger partial charge in [-0.15, -0.1) is 0 Å². The number of hydrogen-bond donors (Lipinski definition) is 0. The molecule has 1 atom stereocenters. The first kappa shape index (κ1) is 15.3. The lowest BCUT2D eigenvalue weighted by atomic mass is 9.99. The largest absolute Gasteiger partial charge is 0.396 e. The molecule has 0 bridgehead atoms. The van der Waals surface area contributed by atoms with Crippen LogP contribution < -0.4 is 0 Å². The van der Waals surface area contributed by atoms with Gasteiger partial charge in [0.1, 0.15) is 19.3 Å². The predicted molar refractivity (Wildman–Crippen MR) is 88.9 cm³/mol. The molecule has 3 rings (SSSR count). The Bertz CT molecular complexity index is 691. The van der Waals surface area contributed by atoms with Crippen molar-refractivity contribution in [1.29, 1.82) is 0 Å². The molecular formula is C18H20N4O. The zero-order valence-corrected chi connectivity index (χ0v) is 13.2. The monoisotopic (exact) mass is 308 g/mol. The van der Waals surface area contributed by atoms with Crippen LogP contribution in [0.25, 0.3) is 0 Å². The molecule has 5 nitrogen and oxygen atoms in total. The van der Waals surface area contributed by atoms with Crippen molar-refractivity contribution in [2.75, 3.05) is 6.61 Å². The van der Waals surface area contributed by atoms with Gasteiger partial charge in [-0.3, -0.25) is 4.68 Å². The lowest BCUT2D eigenvalue weighted by Crippen LogP contribution is -2.11. The van der Waals surface area contributed by atoms with Crippen molar-refractivity contribution in [3.63, 3.8) is 0 Å². The average molecular weight is 308 g/mol. The summed E-state index contributed by atoms with van der Waals surface area (Å²) < 4.78 is 1.80. The highest BCUT2D eigenvalue weighted by Crippen LogP contribution is 2.27. The molecule has 0 aliphatic heterocycles. The smallest absolute Gasteiger partial charge is 0.137 e. The van der Waals surface area contributed by atoms with E-state index >= 15 is 0 Å². The number of nitrogens with zero attached hydrogens (tertiary/aromatic N) is 4. The maximum atomic E-state index is 5.10. The van der Waals surface area contributed by atoms with Gasteiger partial charge >= 0.3 is 0 Å². The molecule has 1 heterocycles. The summed E-state index contributed by atoms with van der Waals surface area (Å²) in [5, 5.41) is 8.19. The molecule has 0 spiro atoms. The second kappa shape index (κ2) is 7.59. The molecule has 0 N–H and O–H groups in total. The molecule has 1 aliphatic rings. The molecule has 1 unspecified atom stereocenters. The third-order valence-corrected chi connectivity index (χ3v) is 3.63. The minimum Gasteiger partial charge on any atom is -0.396 e. The standard InChI is InChI=1S/C18H20N4O/c1-2-23-21-11-18(12-22-14-19-13-20-22)17-9-7-16(8-10-17)6-5-15-3-4-15/h7-11,13-15,18H,2-4,12H2,1H3. The van der Waals surface area contributed by atoms with Crippen molar-refractivity contribution in [2.45, 2.75) is 32.2 Å². The number of oxime groups is 1. The maximum Gasteiger partial charge on any atom is 0.137 e. The van der Waals surface area contributed by atoms with E-state index in [-0.39, 0.29) is 5.92 Å². The third-order valence-electron chi connectivity index (χ3n) is 3.63. The topological polar surface area (TPSA) is 52.3 Å². The Kier molecular flexibility index (Phi) is 5.05. The minimum atomic E-state index is 0.0775. The fourth-order valence-corrected chi connectivity index (χ4v) is 2.18. The Morgan fingerprint density at radius 3 is 2.87 bits per heavy atom. The first-order valence-corrected chi connectivity index (χ1v) is 7.94. The van der Waals surface area contributed by atoms with Crippen LogP contribution in [0.1, 0.15) is 36.8 Å². The lowest BCUT2D eigenvalue weighted by molar-refractivity contribution is 0.159. The summed E-state index contributed by atoms with van der Waals surface area (Å²) >= 11 is 0. The molecule has 1 fully saturated rings. The van der Waals surface area contributed by atoms with Gasteiger partial charge in [-0.2, -0.15) is 5.10 Å². The molecule has 5 heteroatoms. The maximum absolute atomic E-state index is 5.10. The van der Waals surface area contributed by atoms with Crippen molar-refractivity contribution in [3.05, 3.63) is 48.0 Å². The van der Waals surface area contributed by atoms with Crippen molar-refractivity contribution in [1.82, 2.24) is 14.8 Å². The highest BCUT2D eigenvalue weighted by atomic mass is 16.6. The molecule has 2 aromatic rings. The molecule has 1 aromatic heterocycles. The molecule has 1 saturated carbocycles. The van der Waals surface area contributed by atoms with Crippen LogP contribution in [0, 0.1) is 17.8 Å². The van der Waals surface area contributed by atoms with E-state index in [1.807, 2.05) is 13.1 Å². The van der Waals surface area contributed by atoms with Gasteiger partial charge in [0, 0.05) is 17.4 Å². The van der Waals surface area contributed by atoms with Crippen LogP contribution in [0.3, 0.4) is 0 Å². The lowest BCUT2D eigenvalue weighted by Gasteiger charge is -2.12. The molecular weight excluding hydrogens is 288 g/mol. The summed E-state index contributed by atoms with van der Waals surface area (Å²) in [5.74, 6) is 7.21.